The quantitative estimate of drug-likeness (QED) is 0.740. The first kappa shape index (κ1) is 18.9. The number of hydrogen-bond acceptors (Lipinski definition) is 3. The predicted octanol–water partition coefficient (Wildman–Crippen LogP) is 2.04. The number of sulfonamides is 1. The predicted molar refractivity (Wildman–Crippen MR) is 88.2 cm³/mol. The number of primary amides is 1. The Bertz CT molecular complexity index is 607. The fourth-order valence-electron chi connectivity index (χ4n) is 1.99. The summed E-state index contributed by atoms with van der Waals surface area (Å²) in [5.41, 5.74) is 5.71. The van der Waals surface area contributed by atoms with Crippen LogP contribution in [0.15, 0.2) is 29.2 Å². The number of hydrogen-bond donors (Lipinski definition) is 2. The Hall–Kier alpha value is -1.11. The van der Waals surface area contributed by atoms with Gasteiger partial charge in [-0.25, -0.2) is 8.42 Å². The van der Waals surface area contributed by atoms with Gasteiger partial charge in [0, 0.05) is 5.88 Å². The van der Waals surface area contributed by atoms with E-state index in [9.17, 15) is 13.2 Å². The summed E-state index contributed by atoms with van der Waals surface area (Å²) in [6.07, 6.45) is 1.63. The Morgan fingerprint density at radius 2 is 1.82 bits per heavy atom. The average molecular weight is 347 g/mol. The molecular formula is C15H23ClN2O3S. The van der Waals surface area contributed by atoms with Crippen molar-refractivity contribution in [3.05, 3.63) is 29.8 Å². The van der Waals surface area contributed by atoms with Crippen molar-refractivity contribution in [2.75, 3.05) is 5.88 Å². The molecule has 22 heavy (non-hydrogen) atoms. The van der Waals surface area contributed by atoms with Gasteiger partial charge in [0.1, 0.15) is 6.04 Å². The first-order valence-electron chi connectivity index (χ1n) is 7.04. The molecule has 0 unspecified atom stereocenters. The highest BCUT2D eigenvalue weighted by molar-refractivity contribution is 7.89. The molecule has 0 aliphatic carbocycles. The van der Waals surface area contributed by atoms with E-state index in [4.69, 9.17) is 17.3 Å². The molecule has 0 saturated carbocycles. The standard InChI is InChI=1S/C15H23ClN2O3S/c1-15(2,3)13(14(17)19)18-22(20,21)12-8-6-11(7-9-12)5-4-10-16/h6-9,13,18H,4-5,10H2,1-3H3,(H2,17,19)/t13-/m1/s1. The molecule has 1 aromatic carbocycles. The van der Waals surface area contributed by atoms with Crippen molar-refractivity contribution in [1.82, 2.24) is 4.72 Å². The van der Waals surface area contributed by atoms with Gasteiger partial charge in [0.15, 0.2) is 0 Å². The normalized spacial score (nSPS) is 13.8. The number of nitrogens with one attached hydrogen (secondary N) is 1. The van der Waals surface area contributed by atoms with Crippen molar-refractivity contribution in [3.8, 4) is 0 Å². The number of carbonyl (C=O) groups is 1. The summed E-state index contributed by atoms with van der Waals surface area (Å²) in [6, 6.07) is 5.56. The van der Waals surface area contributed by atoms with E-state index in [1.54, 1.807) is 32.9 Å². The number of benzene rings is 1. The zero-order chi connectivity index (χ0) is 17.0. The van der Waals surface area contributed by atoms with Gasteiger partial charge in [0.05, 0.1) is 4.90 Å². The number of amides is 1. The third-order valence-corrected chi connectivity index (χ3v) is 4.96. The highest BCUT2D eigenvalue weighted by Crippen LogP contribution is 2.21. The van der Waals surface area contributed by atoms with Crippen LogP contribution in [-0.4, -0.2) is 26.2 Å². The molecule has 0 bridgehead atoms. The van der Waals surface area contributed by atoms with Crippen LogP contribution in [-0.2, 0) is 21.2 Å². The van der Waals surface area contributed by atoms with E-state index < -0.39 is 27.4 Å². The maximum absolute atomic E-state index is 12.4. The van der Waals surface area contributed by atoms with Crippen LogP contribution in [0.1, 0.15) is 32.8 Å². The molecule has 5 nitrogen and oxygen atoms in total. The van der Waals surface area contributed by atoms with Crippen LogP contribution in [0.3, 0.4) is 0 Å². The van der Waals surface area contributed by atoms with Crippen LogP contribution in [0.25, 0.3) is 0 Å². The molecule has 0 aromatic heterocycles. The van der Waals surface area contributed by atoms with E-state index in [2.05, 4.69) is 4.72 Å². The summed E-state index contributed by atoms with van der Waals surface area (Å²) in [5.74, 6) is -0.136. The molecular weight excluding hydrogens is 324 g/mol. The minimum absolute atomic E-state index is 0.109. The fraction of sp³-hybridized carbons (Fsp3) is 0.533. The largest absolute Gasteiger partial charge is 0.368 e. The molecule has 0 radical (unpaired) electrons. The third kappa shape index (κ3) is 5.26. The molecule has 0 heterocycles. The van der Waals surface area contributed by atoms with Gasteiger partial charge in [0.25, 0.3) is 0 Å². The van der Waals surface area contributed by atoms with Crippen LogP contribution in [0.5, 0.6) is 0 Å². The van der Waals surface area contributed by atoms with E-state index >= 15 is 0 Å². The minimum Gasteiger partial charge on any atom is -0.368 e. The van der Waals surface area contributed by atoms with E-state index in [0.717, 1.165) is 18.4 Å². The molecule has 1 rings (SSSR count). The van der Waals surface area contributed by atoms with Gasteiger partial charge >= 0.3 is 0 Å². The van der Waals surface area contributed by atoms with Crippen molar-refractivity contribution in [3.63, 3.8) is 0 Å². The fourth-order valence-corrected chi connectivity index (χ4v) is 3.54. The molecule has 1 atom stereocenters. The summed E-state index contributed by atoms with van der Waals surface area (Å²) in [6.45, 7) is 5.25. The number of carbonyl (C=O) groups excluding carboxylic acids is 1. The Balaban J connectivity index is 2.96. The lowest BCUT2D eigenvalue weighted by Gasteiger charge is -2.28. The Morgan fingerprint density at radius 3 is 2.23 bits per heavy atom. The van der Waals surface area contributed by atoms with Crippen LogP contribution >= 0.6 is 11.6 Å². The van der Waals surface area contributed by atoms with E-state index in [0.29, 0.717) is 5.88 Å². The van der Waals surface area contributed by atoms with Crippen molar-refractivity contribution in [2.24, 2.45) is 11.1 Å². The second kappa shape index (κ2) is 7.44. The molecule has 0 aliphatic heterocycles. The van der Waals surface area contributed by atoms with Crippen LogP contribution in [0.4, 0.5) is 0 Å². The second-order valence-electron chi connectivity index (χ2n) is 6.26. The average Bonchev–Trinajstić information content (AvgIpc) is 2.41. The Morgan fingerprint density at radius 1 is 1.27 bits per heavy atom. The Labute approximate surface area is 137 Å². The van der Waals surface area contributed by atoms with Gasteiger partial charge in [-0.15, -0.1) is 11.6 Å². The lowest BCUT2D eigenvalue weighted by atomic mass is 9.87. The summed E-state index contributed by atoms with van der Waals surface area (Å²) >= 11 is 5.64. The first-order valence-corrected chi connectivity index (χ1v) is 9.06. The monoisotopic (exact) mass is 346 g/mol. The van der Waals surface area contributed by atoms with Gasteiger partial charge in [-0.2, -0.15) is 4.72 Å². The van der Waals surface area contributed by atoms with Crippen molar-refractivity contribution in [1.29, 1.82) is 0 Å². The molecule has 3 N–H and O–H groups in total. The molecule has 0 aliphatic rings. The minimum atomic E-state index is -3.80. The zero-order valence-corrected chi connectivity index (χ0v) is 14.7. The number of alkyl halides is 1. The second-order valence-corrected chi connectivity index (χ2v) is 8.35. The van der Waals surface area contributed by atoms with E-state index in [1.165, 1.54) is 12.1 Å². The van der Waals surface area contributed by atoms with Crippen LogP contribution < -0.4 is 10.5 Å². The van der Waals surface area contributed by atoms with Crippen molar-refractivity contribution >= 4 is 27.5 Å². The molecule has 124 valence electrons. The SMILES string of the molecule is CC(C)(C)[C@H](NS(=O)(=O)c1ccc(CCCCl)cc1)C(N)=O. The first-order chi connectivity index (χ1) is 10.1. The number of rotatable bonds is 7. The summed E-state index contributed by atoms with van der Waals surface area (Å²) in [5, 5.41) is 0. The van der Waals surface area contributed by atoms with Gasteiger partial charge in [-0.1, -0.05) is 32.9 Å². The molecule has 0 fully saturated rings. The van der Waals surface area contributed by atoms with Gasteiger partial charge in [0.2, 0.25) is 15.9 Å². The highest BCUT2D eigenvalue weighted by Gasteiger charge is 2.33. The zero-order valence-electron chi connectivity index (χ0n) is 13.1. The maximum Gasteiger partial charge on any atom is 0.241 e. The lowest BCUT2D eigenvalue weighted by Crippen LogP contribution is -2.51. The number of aryl methyl sites for hydroxylation is 1. The van der Waals surface area contributed by atoms with Crippen molar-refractivity contribution < 1.29 is 13.2 Å². The highest BCUT2D eigenvalue weighted by atomic mass is 35.5. The van der Waals surface area contributed by atoms with Crippen LogP contribution in [0, 0.1) is 5.41 Å². The number of nitrogens with two attached hydrogens (primary N) is 1. The molecule has 7 heteroatoms. The van der Waals surface area contributed by atoms with Crippen LogP contribution in [0.2, 0.25) is 0 Å². The maximum atomic E-state index is 12.4. The topological polar surface area (TPSA) is 89.3 Å². The van der Waals surface area contributed by atoms with E-state index in [1.807, 2.05) is 0 Å². The summed E-state index contributed by atoms with van der Waals surface area (Å²) < 4.78 is 27.1. The van der Waals surface area contributed by atoms with Gasteiger partial charge in [-0.05, 0) is 36.0 Å². The lowest BCUT2D eigenvalue weighted by molar-refractivity contribution is -0.121. The molecule has 0 spiro atoms. The third-order valence-electron chi connectivity index (χ3n) is 3.26. The summed E-state index contributed by atoms with van der Waals surface area (Å²) in [4.78, 5) is 11.6. The summed E-state index contributed by atoms with van der Waals surface area (Å²) in [7, 11) is -3.80. The smallest absolute Gasteiger partial charge is 0.241 e. The molecule has 1 aromatic rings. The number of halogens is 1. The molecule has 0 saturated heterocycles. The van der Waals surface area contributed by atoms with Gasteiger partial charge < -0.3 is 5.73 Å². The van der Waals surface area contributed by atoms with Gasteiger partial charge in [-0.3, -0.25) is 4.79 Å². The Kier molecular flexibility index (Phi) is 6.40. The van der Waals surface area contributed by atoms with E-state index in [-0.39, 0.29) is 4.90 Å². The molecule has 1 amide bonds. The van der Waals surface area contributed by atoms with Crippen molar-refractivity contribution in [2.45, 2.75) is 44.6 Å².